The predicted octanol–water partition coefficient (Wildman–Crippen LogP) is 2.68. The number of rotatable bonds is 1. The number of hydrogen-bond acceptors (Lipinski definition) is 2. The van der Waals surface area contributed by atoms with Crippen LogP contribution in [0.15, 0.2) is 6.07 Å². The topological polar surface area (TPSA) is 36.7 Å². The van der Waals surface area contributed by atoms with Crippen LogP contribution >= 0.6 is 11.6 Å². The van der Waals surface area contributed by atoms with Crippen LogP contribution in [0, 0.1) is 17.1 Å². The summed E-state index contributed by atoms with van der Waals surface area (Å²) in [6, 6.07) is 2.02. The molecule has 6 heteroatoms. The van der Waals surface area contributed by atoms with E-state index >= 15 is 0 Å². The van der Waals surface area contributed by atoms with Crippen molar-refractivity contribution in [2.75, 3.05) is 0 Å². The summed E-state index contributed by atoms with van der Waals surface area (Å²) in [4.78, 5) is 3.08. The zero-order chi connectivity index (χ0) is 10.0. The fraction of sp³-hybridized carbons (Fsp3) is 0.143. The lowest BCUT2D eigenvalue weighted by atomic mass is 10.3. The summed E-state index contributed by atoms with van der Waals surface area (Å²) in [7, 11) is 0. The molecule has 0 aliphatic rings. The molecule has 0 amide bonds. The monoisotopic (exact) mass is 206 g/mol. The minimum Gasteiger partial charge on any atom is -0.233 e. The molecule has 0 atom stereocenters. The average Bonchev–Trinajstić information content (AvgIpc) is 2.09. The number of pyridine rings is 1. The molecular formula is C7H2ClF3N2. The minimum absolute atomic E-state index is 0.526. The fourth-order valence-electron chi connectivity index (χ4n) is 0.703. The molecule has 0 saturated carbocycles. The molecule has 0 spiro atoms. The Kier molecular flexibility index (Phi) is 2.73. The second kappa shape index (κ2) is 3.62. The second-order valence-corrected chi connectivity index (χ2v) is 2.51. The highest BCUT2D eigenvalue weighted by atomic mass is 35.5. The summed E-state index contributed by atoms with van der Waals surface area (Å²) in [5, 5.41) is 7.77. The van der Waals surface area contributed by atoms with Gasteiger partial charge in [-0.2, -0.15) is 5.26 Å². The number of aromatic nitrogens is 1. The zero-order valence-electron chi connectivity index (χ0n) is 6.06. The van der Waals surface area contributed by atoms with Gasteiger partial charge in [0.25, 0.3) is 6.43 Å². The van der Waals surface area contributed by atoms with Gasteiger partial charge in [0.15, 0.2) is 11.5 Å². The van der Waals surface area contributed by atoms with Gasteiger partial charge in [0.05, 0.1) is 5.02 Å². The molecule has 1 rings (SSSR count). The molecule has 13 heavy (non-hydrogen) atoms. The van der Waals surface area contributed by atoms with E-state index in [1.165, 1.54) is 6.07 Å². The Morgan fingerprint density at radius 1 is 1.54 bits per heavy atom. The van der Waals surface area contributed by atoms with E-state index in [2.05, 4.69) is 4.98 Å². The first kappa shape index (κ1) is 9.81. The van der Waals surface area contributed by atoms with E-state index in [1.807, 2.05) is 0 Å². The number of hydrogen-bond donors (Lipinski definition) is 0. The molecule has 68 valence electrons. The smallest absolute Gasteiger partial charge is 0.233 e. The zero-order valence-corrected chi connectivity index (χ0v) is 6.82. The lowest BCUT2D eigenvalue weighted by Crippen LogP contribution is -1.97. The van der Waals surface area contributed by atoms with E-state index in [9.17, 15) is 13.2 Å². The van der Waals surface area contributed by atoms with Gasteiger partial charge in [0.2, 0.25) is 0 Å². The molecular weight excluding hydrogens is 205 g/mol. The predicted molar refractivity (Wildman–Crippen MR) is 38.9 cm³/mol. The van der Waals surface area contributed by atoms with E-state index in [0.29, 0.717) is 6.07 Å². The van der Waals surface area contributed by atoms with Gasteiger partial charge in [-0.15, -0.1) is 0 Å². The SMILES string of the molecule is N#Cc1nc(C(F)F)cc(Cl)c1F. The first-order valence-corrected chi connectivity index (χ1v) is 3.48. The molecule has 0 aliphatic carbocycles. The summed E-state index contributed by atoms with van der Waals surface area (Å²) < 4.78 is 36.9. The van der Waals surface area contributed by atoms with Crippen LogP contribution in [0.3, 0.4) is 0 Å². The van der Waals surface area contributed by atoms with E-state index in [0.717, 1.165) is 0 Å². The van der Waals surface area contributed by atoms with Crippen molar-refractivity contribution >= 4 is 11.6 Å². The lowest BCUT2D eigenvalue weighted by Gasteiger charge is -2.01. The van der Waals surface area contributed by atoms with Gasteiger partial charge in [0, 0.05) is 0 Å². The average molecular weight is 207 g/mol. The molecule has 0 radical (unpaired) electrons. The highest BCUT2D eigenvalue weighted by molar-refractivity contribution is 6.30. The number of halogens is 4. The van der Waals surface area contributed by atoms with Gasteiger partial charge in [0.1, 0.15) is 11.8 Å². The molecule has 2 nitrogen and oxygen atoms in total. The minimum atomic E-state index is -2.87. The van der Waals surface area contributed by atoms with Crippen LogP contribution in [0.2, 0.25) is 5.02 Å². The Morgan fingerprint density at radius 2 is 2.15 bits per heavy atom. The number of nitrogens with zero attached hydrogens (tertiary/aromatic N) is 2. The molecule has 1 aromatic heterocycles. The van der Waals surface area contributed by atoms with Crippen molar-refractivity contribution in [3.8, 4) is 6.07 Å². The lowest BCUT2D eigenvalue weighted by molar-refractivity contribution is 0.146. The third-order valence-electron chi connectivity index (χ3n) is 1.26. The van der Waals surface area contributed by atoms with Gasteiger partial charge >= 0.3 is 0 Å². The van der Waals surface area contributed by atoms with Crippen molar-refractivity contribution in [2.24, 2.45) is 0 Å². The summed E-state index contributed by atoms with van der Waals surface area (Å²) in [6.45, 7) is 0. The Labute approximate surface area is 76.6 Å². The Hall–Kier alpha value is -1.28. The molecule has 1 aromatic rings. The van der Waals surface area contributed by atoms with Gasteiger partial charge in [-0.1, -0.05) is 11.6 Å². The van der Waals surface area contributed by atoms with Crippen molar-refractivity contribution in [2.45, 2.75) is 6.43 Å². The fourth-order valence-corrected chi connectivity index (χ4v) is 0.904. The third-order valence-corrected chi connectivity index (χ3v) is 1.54. The van der Waals surface area contributed by atoms with Crippen LogP contribution in [0.25, 0.3) is 0 Å². The van der Waals surface area contributed by atoms with Gasteiger partial charge in [-0.05, 0) is 6.07 Å². The second-order valence-electron chi connectivity index (χ2n) is 2.10. The molecule has 0 aliphatic heterocycles. The van der Waals surface area contributed by atoms with E-state index in [1.54, 1.807) is 0 Å². The maximum Gasteiger partial charge on any atom is 0.280 e. The first-order chi connectivity index (χ1) is 6.06. The maximum absolute atomic E-state index is 12.8. The van der Waals surface area contributed by atoms with Crippen molar-refractivity contribution in [1.82, 2.24) is 4.98 Å². The standard InChI is InChI=1S/C7H2ClF3N2/c8-3-1-4(7(10)11)13-5(2-12)6(3)9/h1,7H. The largest absolute Gasteiger partial charge is 0.280 e. The van der Waals surface area contributed by atoms with Crippen molar-refractivity contribution in [3.63, 3.8) is 0 Å². The quantitative estimate of drug-likeness (QED) is 0.708. The van der Waals surface area contributed by atoms with Gasteiger partial charge in [-0.25, -0.2) is 18.2 Å². The molecule has 0 aromatic carbocycles. The van der Waals surface area contributed by atoms with Crippen molar-refractivity contribution in [1.29, 1.82) is 5.26 Å². The molecule has 0 saturated heterocycles. The molecule has 0 N–H and O–H groups in total. The van der Waals surface area contributed by atoms with Crippen molar-refractivity contribution in [3.05, 3.63) is 28.3 Å². The summed E-state index contributed by atoms with van der Waals surface area (Å²) in [5.41, 5.74) is -1.43. The maximum atomic E-state index is 12.8. The van der Waals surface area contributed by atoms with Gasteiger partial charge in [-0.3, -0.25) is 0 Å². The highest BCUT2D eigenvalue weighted by Crippen LogP contribution is 2.23. The molecule has 1 heterocycles. The van der Waals surface area contributed by atoms with Gasteiger partial charge < -0.3 is 0 Å². The van der Waals surface area contributed by atoms with Crippen LogP contribution in [-0.2, 0) is 0 Å². The first-order valence-electron chi connectivity index (χ1n) is 3.10. The summed E-state index contributed by atoms with van der Waals surface area (Å²) in [5.74, 6) is -1.08. The molecule has 0 unspecified atom stereocenters. The van der Waals surface area contributed by atoms with Crippen LogP contribution < -0.4 is 0 Å². The number of alkyl halides is 2. The van der Waals surface area contributed by atoms with E-state index in [4.69, 9.17) is 16.9 Å². The van der Waals surface area contributed by atoms with Crippen molar-refractivity contribution < 1.29 is 13.2 Å². The van der Waals surface area contributed by atoms with E-state index in [-0.39, 0.29) is 0 Å². The number of nitriles is 1. The van der Waals surface area contributed by atoms with Crippen LogP contribution in [-0.4, -0.2) is 4.98 Å². The summed E-state index contributed by atoms with van der Waals surface area (Å²) in [6.07, 6.45) is -2.87. The third kappa shape index (κ3) is 1.90. The highest BCUT2D eigenvalue weighted by Gasteiger charge is 2.16. The summed E-state index contributed by atoms with van der Waals surface area (Å²) >= 11 is 5.24. The van der Waals surface area contributed by atoms with Crippen LogP contribution in [0.4, 0.5) is 13.2 Å². The Balaban J connectivity index is 3.32. The normalized spacial score (nSPS) is 10.2. The molecule has 0 fully saturated rings. The van der Waals surface area contributed by atoms with Crippen LogP contribution in [0.5, 0.6) is 0 Å². The van der Waals surface area contributed by atoms with E-state index < -0.39 is 28.7 Å². The van der Waals surface area contributed by atoms with Crippen LogP contribution in [0.1, 0.15) is 17.8 Å². The Bertz CT molecular complexity index is 373. The molecule has 0 bridgehead atoms. The Morgan fingerprint density at radius 3 is 2.62 bits per heavy atom.